The number of hydrogen-bond donors (Lipinski definition) is 2. The zero-order chi connectivity index (χ0) is 15.8. The number of piperidine rings is 1. The third kappa shape index (κ3) is 4.87. The summed E-state index contributed by atoms with van der Waals surface area (Å²) < 4.78 is 20.1. The normalized spacial score (nSPS) is 17.1. The zero-order valence-corrected chi connectivity index (χ0v) is 13.0. The molecule has 0 saturated carbocycles. The minimum atomic E-state index is -1.22. The van der Waals surface area contributed by atoms with Crippen LogP contribution < -0.4 is 15.4 Å². The standard InChI is InChI=1S/C16H24FN3O2/c1-18-14-3-2-4-15(11-14)22-10-7-19-12-16(17)5-8-20(13-21)9-6-16/h2-4,11,13,18-19H,5-10,12H2,1H3. The Bertz CT molecular complexity index is 476. The van der Waals surface area contributed by atoms with Crippen molar-refractivity contribution in [3.05, 3.63) is 24.3 Å². The number of ether oxygens (including phenoxy) is 1. The topological polar surface area (TPSA) is 53.6 Å². The van der Waals surface area contributed by atoms with Crippen LogP contribution in [0.5, 0.6) is 5.75 Å². The molecule has 1 heterocycles. The van der Waals surface area contributed by atoms with Crippen LogP contribution >= 0.6 is 0 Å². The van der Waals surface area contributed by atoms with Gasteiger partial charge in [0, 0.05) is 57.8 Å². The maximum Gasteiger partial charge on any atom is 0.209 e. The van der Waals surface area contributed by atoms with Crippen molar-refractivity contribution in [3.8, 4) is 5.75 Å². The van der Waals surface area contributed by atoms with Gasteiger partial charge in [-0.2, -0.15) is 0 Å². The molecule has 1 aliphatic heterocycles. The van der Waals surface area contributed by atoms with Gasteiger partial charge < -0.3 is 20.3 Å². The number of hydrogen-bond acceptors (Lipinski definition) is 4. The van der Waals surface area contributed by atoms with E-state index in [4.69, 9.17) is 4.74 Å². The van der Waals surface area contributed by atoms with Crippen molar-refractivity contribution in [2.75, 3.05) is 45.2 Å². The molecule has 2 N–H and O–H groups in total. The van der Waals surface area contributed by atoms with Gasteiger partial charge >= 0.3 is 0 Å². The molecule has 0 bridgehead atoms. The monoisotopic (exact) mass is 309 g/mol. The van der Waals surface area contributed by atoms with E-state index >= 15 is 0 Å². The predicted octanol–water partition coefficient (Wildman–Crippen LogP) is 1.66. The lowest BCUT2D eigenvalue weighted by atomic mass is 9.93. The number of rotatable bonds is 8. The highest BCUT2D eigenvalue weighted by molar-refractivity contribution is 5.47. The summed E-state index contributed by atoms with van der Waals surface area (Å²) in [5.41, 5.74) is -0.221. The predicted molar refractivity (Wildman–Crippen MR) is 85.1 cm³/mol. The van der Waals surface area contributed by atoms with Gasteiger partial charge in [-0.3, -0.25) is 4.79 Å². The van der Waals surface area contributed by atoms with Crippen molar-refractivity contribution in [3.63, 3.8) is 0 Å². The van der Waals surface area contributed by atoms with Crippen molar-refractivity contribution in [1.82, 2.24) is 10.2 Å². The molecule has 5 nitrogen and oxygen atoms in total. The Kier molecular flexibility index (Phi) is 6.00. The molecule has 0 aromatic heterocycles. The summed E-state index contributed by atoms with van der Waals surface area (Å²) in [7, 11) is 1.86. The Balaban J connectivity index is 1.63. The molecule has 1 saturated heterocycles. The molecule has 1 aromatic carbocycles. The lowest BCUT2D eigenvalue weighted by molar-refractivity contribution is -0.120. The summed E-state index contributed by atoms with van der Waals surface area (Å²) in [6.45, 7) is 2.38. The van der Waals surface area contributed by atoms with E-state index in [1.807, 2.05) is 31.3 Å². The molecular formula is C16H24FN3O2. The number of nitrogens with zero attached hydrogens (tertiary/aromatic N) is 1. The number of alkyl halides is 1. The first kappa shape index (κ1) is 16.5. The number of amides is 1. The van der Waals surface area contributed by atoms with Crippen molar-refractivity contribution >= 4 is 12.1 Å². The van der Waals surface area contributed by atoms with Gasteiger partial charge in [-0.15, -0.1) is 0 Å². The molecule has 2 rings (SSSR count). The van der Waals surface area contributed by atoms with Gasteiger partial charge in [0.1, 0.15) is 18.0 Å². The van der Waals surface area contributed by atoms with E-state index in [2.05, 4.69) is 10.6 Å². The first-order valence-corrected chi connectivity index (χ1v) is 7.65. The summed E-state index contributed by atoms with van der Waals surface area (Å²) in [6, 6.07) is 7.70. The van der Waals surface area contributed by atoms with Crippen LogP contribution in [0.2, 0.25) is 0 Å². The van der Waals surface area contributed by atoms with Crippen LogP contribution in [0, 0.1) is 0 Å². The highest BCUT2D eigenvalue weighted by Gasteiger charge is 2.33. The van der Waals surface area contributed by atoms with Gasteiger partial charge in [0.25, 0.3) is 0 Å². The summed E-state index contributed by atoms with van der Waals surface area (Å²) in [6.07, 6.45) is 1.58. The first-order valence-electron chi connectivity index (χ1n) is 7.65. The van der Waals surface area contributed by atoms with Crippen molar-refractivity contribution in [1.29, 1.82) is 0 Å². The minimum absolute atomic E-state index is 0.305. The SMILES string of the molecule is CNc1cccc(OCCNCC2(F)CCN(C=O)CC2)c1. The van der Waals surface area contributed by atoms with E-state index < -0.39 is 5.67 Å². The third-order valence-electron chi connectivity index (χ3n) is 3.96. The number of anilines is 1. The third-order valence-corrected chi connectivity index (χ3v) is 3.96. The van der Waals surface area contributed by atoms with Gasteiger partial charge in [0.15, 0.2) is 0 Å². The summed E-state index contributed by atoms with van der Waals surface area (Å²) in [5, 5.41) is 6.16. The molecule has 22 heavy (non-hydrogen) atoms. The van der Waals surface area contributed by atoms with Crippen LogP contribution in [-0.2, 0) is 4.79 Å². The molecule has 0 atom stereocenters. The van der Waals surface area contributed by atoms with Gasteiger partial charge in [0.2, 0.25) is 6.41 Å². The highest BCUT2D eigenvalue weighted by Crippen LogP contribution is 2.25. The minimum Gasteiger partial charge on any atom is -0.492 e. The molecule has 0 radical (unpaired) electrons. The van der Waals surface area contributed by atoms with Gasteiger partial charge in [-0.25, -0.2) is 4.39 Å². The number of carbonyl (C=O) groups excluding carboxylic acids is 1. The number of carbonyl (C=O) groups is 1. The van der Waals surface area contributed by atoms with E-state index in [-0.39, 0.29) is 0 Å². The number of halogens is 1. The lowest BCUT2D eigenvalue weighted by Crippen LogP contribution is -2.47. The number of likely N-dealkylation sites (tertiary alicyclic amines) is 1. The van der Waals surface area contributed by atoms with E-state index in [0.717, 1.165) is 17.8 Å². The Hall–Kier alpha value is -1.82. The fourth-order valence-corrected chi connectivity index (χ4v) is 2.50. The lowest BCUT2D eigenvalue weighted by Gasteiger charge is -2.34. The average Bonchev–Trinajstić information content (AvgIpc) is 2.55. The number of nitrogens with one attached hydrogen (secondary N) is 2. The molecule has 1 amide bonds. The molecule has 0 aliphatic carbocycles. The molecule has 1 aromatic rings. The van der Waals surface area contributed by atoms with Crippen LogP contribution in [0.4, 0.5) is 10.1 Å². The van der Waals surface area contributed by atoms with E-state index in [9.17, 15) is 9.18 Å². The average molecular weight is 309 g/mol. The van der Waals surface area contributed by atoms with Crippen LogP contribution in [0.3, 0.4) is 0 Å². The van der Waals surface area contributed by atoms with Crippen LogP contribution in [0.25, 0.3) is 0 Å². The van der Waals surface area contributed by atoms with Crippen LogP contribution in [-0.4, -0.2) is 56.8 Å². The largest absolute Gasteiger partial charge is 0.492 e. The summed E-state index contributed by atoms with van der Waals surface area (Å²) in [4.78, 5) is 12.2. The first-order chi connectivity index (χ1) is 10.6. The van der Waals surface area contributed by atoms with E-state index in [0.29, 0.717) is 45.6 Å². The van der Waals surface area contributed by atoms with Crippen molar-refractivity contribution in [2.45, 2.75) is 18.5 Å². The second-order valence-electron chi connectivity index (χ2n) is 5.60. The molecular weight excluding hydrogens is 285 g/mol. The second kappa shape index (κ2) is 7.98. The highest BCUT2D eigenvalue weighted by atomic mass is 19.1. The quantitative estimate of drug-likeness (QED) is 0.566. The van der Waals surface area contributed by atoms with E-state index in [1.165, 1.54) is 0 Å². The Labute approximate surface area is 130 Å². The maximum atomic E-state index is 14.5. The Morgan fingerprint density at radius 3 is 2.86 bits per heavy atom. The van der Waals surface area contributed by atoms with Crippen LogP contribution in [0.15, 0.2) is 24.3 Å². The zero-order valence-electron chi connectivity index (χ0n) is 13.0. The molecule has 1 fully saturated rings. The molecule has 122 valence electrons. The van der Waals surface area contributed by atoms with Gasteiger partial charge in [-0.1, -0.05) is 6.07 Å². The fourth-order valence-electron chi connectivity index (χ4n) is 2.50. The molecule has 0 spiro atoms. The molecule has 1 aliphatic rings. The molecule has 6 heteroatoms. The van der Waals surface area contributed by atoms with Gasteiger partial charge in [0.05, 0.1) is 0 Å². The Morgan fingerprint density at radius 1 is 1.41 bits per heavy atom. The number of benzene rings is 1. The second-order valence-corrected chi connectivity index (χ2v) is 5.60. The maximum absolute atomic E-state index is 14.5. The van der Waals surface area contributed by atoms with Crippen molar-refractivity contribution < 1.29 is 13.9 Å². The summed E-state index contributed by atoms with van der Waals surface area (Å²) in [5.74, 6) is 0.794. The van der Waals surface area contributed by atoms with E-state index in [1.54, 1.807) is 4.90 Å². The fraction of sp³-hybridized carbons (Fsp3) is 0.562. The summed E-state index contributed by atoms with van der Waals surface area (Å²) >= 11 is 0. The van der Waals surface area contributed by atoms with Crippen molar-refractivity contribution in [2.24, 2.45) is 0 Å². The van der Waals surface area contributed by atoms with Crippen LogP contribution in [0.1, 0.15) is 12.8 Å². The smallest absolute Gasteiger partial charge is 0.209 e. The molecule has 0 unspecified atom stereocenters. The Morgan fingerprint density at radius 2 is 2.18 bits per heavy atom. The van der Waals surface area contributed by atoms with Gasteiger partial charge in [-0.05, 0) is 12.1 Å².